The maximum atomic E-state index is 6.18. The van der Waals surface area contributed by atoms with Gasteiger partial charge in [0.1, 0.15) is 0 Å². The van der Waals surface area contributed by atoms with Gasteiger partial charge in [0.15, 0.2) is 0 Å². The first-order valence-corrected chi connectivity index (χ1v) is 13.7. The van der Waals surface area contributed by atoms with Gasteiger partial charge in [0.05, 0.1) is 9.75 Å². The largest absolute Gasteiger partial charge is 0.119 e. The van der Waals surface area contributed by atoms with E-state index < -0.39 is 0 Å². The van der Waals surface area contributed by atoms with Crippen LogP contribution in [0.1, 0.15) is 67.2 Å². The van der Waals surface area contributed by atoms with Crippen molar-refractivity contribution in [2.75, 3.05) is 10.7 Å². The molecule has 2 unspecified atom stereocenters. The average molecular weight is 665 g/mol. The Morgan fingerprint density at radius 2 is 1.04 bits per heavy atom. The van der Waals surface area contributed by atoms with E-state index in [-0.39, 0.29) is 9.75 Å². The lowest BCUT2D eigenvalue weighted by Crippen LogP contribution is -2.24. The van der Waals surface area contributed by atoms with E-state index in [9.17, 15) is 0 Å². The topological polar surface area (TPSA) is 0 Å². The Morgan fingerprint density at radius 1 is 0.769 bits per heavy atom. The minimum atomic E-state index is -0.162. The standard InChI is InChI=1S/2C10H17Br2Cl/c2*1-4-8(7-11)5-6-9(12)10(2,3)13/h2*4,9H,5-7H2,1-3H3/b8-4+;8-4-. The van der Waals surface area contributed by atoms with Crippen molar-refractivity contribution in [2.45, 2.75) is 86.6 Å². The average Bonchev–Trinajstić information content (AvgIpc) is 2.55. The number of rotatable bonds is 10. The van der Waals surface area contributed by atoms with Crippen LogP contribution in [0.4, 0.5) is 0 Å². The molecule has 0 rings (SSSR count). The van der Waals surface area contributed by atoms with Crippen LogP contribution in [-0.4, -0.2) is 30.1 Å². The van der Waals surface area contributed by atoms with E-state index in [4.69, 9.17) is 23.2 Å². The van der Waals surface area contributed by atoms with E-state index in [1.54, 1.807) is 0 Å². The molecule has 0 nitrogen and oxygen atoms in total. The summed E-state index contributed by atoms with van der Waals surface area (Å²) in [5, 5.41) is 1.93. The van der Waals surface area contributed by atoms with Crippen LogP contribution in [0, 0.1) is 0 Å². The molecular weight excluding hydrogens is 631 g/mol. The first kappa shape index (κ1) is 30.2. The zero-order chi connectivity index (χ0) is 21.0. The lowest BCUT2D eigenvalue weighted by molar-refractivity contribution is 0.616. The molecule has 156 valence electrons. The maximum Gasteiger partial charge on any atom is 0.0515 e. The third kappa shape index (κ3) is 15.9. The number of hydrogen-bond acceptors (Lipinski definition) is 0. The van der Waals surface area contributed by atoms with Gasteiger partial charge in [0.25, 0.3) is 0 Å². The van der Waals surface area contributed by atoms with Gasteiger partial charge in [-0.05, 0) is 67.2 Å². The Kier molecular flexibility index (Phi) is 18.3. The number of alkyl halides is 6. The predicted molar refractivity (Wildman–Crippen MR) is 139 cm³/mol. The predicted octanol–water partition coefficient (Wildman–Crippen LogP) is 9.78. The molecule has 0 aromatic carbocycles. The van der Waals surface area contributed by atoms with Gasteiger partial charge in [0.2, 0.25) is 0 Å². The summed E-state index contributed by atoms with van der Waals surface area (Å²) in [7, 11) is 0. The Balaban J connectivity index is 0. The molecule has 2 atom stereocenters. The van der Waals surface area contributed by atoms with Crippen LogP contribution in [0.2, 0.25) is 0 Å². The highest BCUT2D eigenvalue weighted by Crippen LogP contribution is 2.30. The summed E-state index contributed by atoms with van der Waals surface area (Å²) >= 11 is 26.5. The van der Waals surface area contributed by atoms with E-state index in [1.807, 2.05) is 27.7 Å². The van der Waals surface area contributed by atoms with Crippen LogP contribution in [0.5, 0.6) is 0 Å². The van der Waals surface area contributed by atoms with Gasteiger partial charge in [-0.25, -0.2) is 0 Å². The molecule has 26 heavy (non-hydrogen) atoms. The number of hydrogen-bond donors (Lipinski definition) is 0. The highest BCUT2D eigenvalue weighted by atomic mass is 79.9. The molecule has 0 N–H and O–H groups in total. The normalized spacial score (nSPS) is 16.0. The molecule has 0 saturated heterocycles. The van der Waals surface area contributed by atoms with Crippen LogP contribution in [0.3, 0.4) is 0 Å². The molecule has 0 amide bonds. The second-order valence-corrected chi connectivity index (χ2v) is 12.6. The van der Waals surface area contributed by atoms with E-state index >= 15 is 0 Å². The highest BCUT2D eigenvalue weighted by molar-refractivity contribution is 9.10. The number of allylic oxidation sites excluding steroid dienone is 4. The fraction of sp³-hybridized carbons (Fsp3) is 0.800. The van der Waals surface area contributed by atoms with Crippen LogP contribution < -0.4 is 0 Å². The van der Waals surface area contributed by atoms with Crippen molar-refractivity contribution in [3.05, 3.63) is 23.3 Å². The first-order valence-electron chi connectivity index (χ1n) is 8.89. The van der Waals surface area contributed by atoms with Crippen molar-refractivity contribution in [3.8, 4) is 0 Å². The van der Waals surface area contributed by atoms with E-state index in [0.717, 1.165) is 36.3 Å². The molecule has 0 heterocycles. The molecule has 0 radical (unpaired) electrons. The van der Waals surface area contributed by atoms with Gasteiger partial charge in [-0.15, -0.1) is 23.2 Å². The second-order valence-electron chi connectivity index (χ2n) is 7.30. The smallest absolute Gasteiger partial charge is 0.0515 e. The van der Waals surface area contributed by atoms with Gasteiger partial charge in [-0.2, -0.15) is 0 Å². The Labute approximate surface area is 205 Å². The van der Waals surface area contributed by atoms with Crippen LogP contribution >= 0.6 is 86.9 Å². The van der Waals surface area contributed by atoms with Crippen LogP contribution in [0.15, 0.2) is 23.3 Å². The van der Waals surface area contributed by atoms with Crippen molar-refractivity contribution < 1.29 is 0 Å². The Morgan fingerprint density at radius 3 is 1.19 bits per heavy atom. The summed E-state index contributed by atoms with van der Waals surface area (Å²) in [5.74, 6) is 0. The zero-order valence-electron chi connectivity index (χ0n) is 16.8. The van der Waals surface area contributed by atoms with Crippen molar-refractivity contribution in [1.82, 2.24) is 0 Å². The fourth-order valence-electron chi connectivity index (χ4n) is 1.89. The lowest BCUT2D eigenvalue weighted by atomic mass is 10.0. The third-order valence-electron chi connectivity index (χ3n) is 4.09. The van der Waals surface area contributed by atoms with Crippen molar-refractivity contribution in [1.29, 1.82) is 0 Å². The summed E-state index contributed by atoms with van der Waals surface area (Å²) < 4.78 is 0. The lowest BCUT2D eigenvalue weighted by Gasteiger charge is -2.23. The zero-order valence-corrected chi connectivity index (χ0v) is 24.7. The minimum Gasteiger partial charge on any atom is -0.119 e. The van der Waals surface area contributed by atoms with Gasteiger partial charge in [0, 0.05) is 20.3 Å². The summed E-state index contributed by atoms with van der Waals surface area (Å²) in [6.45, 7) is 12.3. The van der Waals surface area contributed by atoms with E-state index in [1.165, 1.54) is 11.1 Å². The molecular formula is C20H34Br4Cl2. The van der Waals surface area contributed by atoms with E-state index in [0.29, 0.717) is 9.65 Å². The number of halogens is 6. The second kappa shape index (κ2) is 15.8. The molecule has 0 saturated carbocycles. The molecule has 0 fully saturated rings. The van der Waals surface area contributed by atoms with Crippen LogP contribution in [-0.2, 0) is 0 Å². The van der Waals surface area contributed by atoms with Crippen molar-refractivity contribution in [2.24, 2.45) is 0 Å². The molecule has 0 aliphatic rings. The molecule has 0 aromatic rings. The van der Waals surface area contributed by atoms with Crippen LogP contribution in [0.25, 0.3) is 0 Å². The monoisotopic (exact) mass is 660 g/mol. The molecule has 6 heteroatoms. The fourth-order valence-corrected chi connectivity index (χ4v) is 3.77. The minimum absolute atomic E-state index is 0.162. The van der Waals surface area contributed by atoms with Gasteiger partial charge in [-0.3, -0.25) is 0 Å². The van der Waals surface area contributed by atoms with Gasteiger partial charge >= 0.3 is 0 Å². The van der Waals surface area contributed by atoms with Gasteiger partial charge < -0.3 is 0 Å². The Bertz CT molecular complexity index is 381. The van der Waals surface area contributed by atoms with Crippen molar-refractivity contribution in [3.63, 3.8) is 0 Å². The summed E-state index contributed by atoms with van der Waals surface area (Å²) in [5.41, 5.74) is 2.87. The highest BCUT2D eigenvalue weighted by Gasteiger charge is 2.24. The molecule has 0 aromatic heterocycles. The molecule has 0 bridgehead atoms. The first-order chi connectivity index (χ1) is 11.8. The molecule has 0 aliphatic heterocycles. The quantitative estimate of drug-likeness (QED) is 0.161. The molecule has 0 aliphatic carbocycles. The van der Waals surface area contributed by atoms with E-state index in [2.05, 4.69) is 89.7 Å². The SMILES string of the molecule is C/C=C(/CBr)CCC(Br)C(C)(C)Cl.C/C=C(\CBr)CCC(Br)C(C)(C)Cl. The maximum absolute atomic E-state index is 6.18. The third-order valence-corrected chi connectivity index (χ3v) is 9.79. The Hall–Kier alpha value is 1.98. The van der Waals surface area contributed by atoms with Gasteiger partial charge in [-0.1, -0.05) is 87.0 Å². The summed E-state index contributed by atoms with van der Waals surface area (Å²) in [6.07, 6.45) is 8.70. The summed E-state index contributed by atoms with van der Waals surface area (Å²) in [6, 6.07) is 0. The molecule has 0 spiro atoms. The van der Waals surface area contributed by atoms with Crippen molar-refractivity contribution >= 4 is 86.9 Å². The summed E-state index contributed by atoms with van der Waals surface area (Å²) in [4.78, 5) is 0.419.